The van der Waals surface area contributed by atoms with E-state index in [4.69, 9.17) is 4.74 Å². The fourth-order valence-electron chi connectivity index (χ4n) is 2.46. The number of benzene rings is 1. The Morgan fingerprint density at radius 2 is 2.22 bits per heavy atom. The highest BCUT2D eigenvalue weighted by molar-refractivity contribution is 6.61. The molecular formula is C12H15BN2O3. The van der Waals surface area contributed by atoms with Gasteiger partial charge in [0.1, 0.15) is 0 Å². The molecule has 94 valence electrons. The molecule has 1 aromatic heterocycles. The third-order valence-electron chi connectivity index (χ3n) is 3.38. The van der Waals surface area contributed by atoms with E-state index in [1.165, 1.54) is 0 Å². The quantitative estimate of drug-likeness (QED) is 0.753. The molecule has 0 radical (unpaired) electrons. The van der Waals surface area contributed by atoms with Crippen molar-refractivity contribution in [1.29, 1.82) is 0 Å². The lowest BCUT2D eigenvalue weighted by Gasteiger charge is -2.23. The maximum absolute atomic E-state index is 9.33. The van der Waals surface area contributed by atoms with Crippen molar-refractivity contribution in [2.24, 2.45) is 0 Å². The average molecular weight is 246 g/mol. The van der Waals surface area contributed by atoms with Crippen molar-refractivity contribution in [1.82, 2.24) is 9.78 Å². The molecule has 0 unspecified atom stereocenters. The summed E-state index contributed by atoms with van der Waals surface area (Å²) < 4.78 is 7.54. The van der Waals surface area contributed by atoms with E-state index < -0.39 is 7.12 Å². The van der Waals surface area contributed by atoms with E-state index in [0.29, 0.717) is 5.46 Å². The molecule has 0 spiro atoms. The van der Waals surface area contributed by atoms with E-state index >= 15 is 0 Å². The molecule has 3 rings (SSSR count). The van der Waals surface area contributed by atoms with Crippen LogP contribution in [0.4, 0.5) is 0 Å². The lowest BCUT2D eigenvalue weighted by atomic mass is 9.78. The Morgan fingerprint density at radius 1 is 1.33 bits per heavy atom. The molecule has 2 aromatic rings. The van der Waals surface area contributed by atoms with Crippen LogP contribution in [-0.2, 0) is 4.74 Å². The summed E-state index contributed by atoms with van der Waals surface area (Å²) in [6, 6.07) is 5.42. The minimum Gasteiger partial charge on any atom is -0.423 e. The molecule has 2 heterocycles. The van der Waals surface area contributed by atoms with Crippen LogP contribution in [0.1, 0.15) is 25.5 Å². The molecule has 1 fully saturated rings. The first kappa shape index (κ1) is 11.7. The molecule has 5 nitrogen and oxygen atoms in total. The standard InChI is InChI=1S/C12H15BN2O3/c16-13(17)10-4-3-5-11-9(10)8-14-15(11)12-6-1-2-7-18-12/h3-5,8,12,16-17H,1-2,6-7H2/t12-/m0/s1. The van der Waals surface area contributed by atoms with Gasteiger partial charge in [-0.3, -0.25) is 0 Å². The van der Waals surface area contributed by atoms with Crippen LogP contribution in [0, 0.1) is 0 Å². The molecule has 18 heavy (non-hydrogen) atoms. The van der Waals surface area contributed by atoms with Crippen molar-refractivity contribution in [3.05, 3.63) is 24.4 Å². The van der Waals surface area contributed by atoms with Gasteiger partial charge in [0.25, 0.3) is 0 Å². The van der Waals surface area contributed by atoms with E-state index in [-0.39, 0.29) is 6.23 Å². The Bertz CT molecular complexity index is 549. The van der Waals surface area contributed by atoms with Crippen molar-refractivity contribution in [3.8, 4) is 0 Å². The normalized spacial score (nSPS) is 20.2. The number of nitrogens with zero attached hydrogens (tertiary/aromatic N) is 2. The molecule has 1 atom stereocenters. The Balaban J connectivity index is 2.06. The predicted octanol–water partition coefficient (Wildman–Crippen LogP) is 0.415. The summed E-state index contributed by atoms with van der Waals surface area (Å²) in [6.07, 6.45) is 4.80. The van der Waals surface area contributed by atoms with E-state index in [2.05, 4.69) is 5.10 Å². The van der Waals surface area contributed by atoms with Gasteiger partial charge in [0.05, 0.1) is 11.7 Å². The predicted molar refractivity (Wildman–Crippen MR) is 68.4 cm³/mol. The highest BCUT2D eigenvalue weighted by atomic mass is 16.5. The maximum atomic E-state index is 9.33. The zero-order valence-electron chi connectivity index (χ0n) is 9.99. The molecular weight excluding hydrogens is 231 g/mol. The maximum Gasteiger partial charge on any atom is 0.489 e. The number of aromatic nitrogens is 2. The molecule has 1 aliphatic heterocycles. The fourth-order valence-corrected chi connectivity index (χ4v) is 2.46. The lowest BCUT2D eigenvalue weighted by molar-refractivity contribution is -0.0366. The second-order valence-corrected chi connectivity index (χ2v) is 4.56. The molecule has 1 aliphatic rings. The van der Waals surface area contributed by atoms with Gasteiger partial charge in [-0.2, -0.15) is 5.10 Å². The Labute approximate surface area is 105 Å². The zero-order valence-corrected chi connectivity index (χ0v) is 9.99. The molecule has 0 saturated carbocycles. The van der Waals surface area contributed by atoms with Gasteiger partial charge in [-0.05, 0) is 30.8 Å². The van der Waals surface area contributed by atoms with E-state index in [1.54, 1.807) is 18.3 Å². The van der Waals surface area contributed by atoms with Crippen LogP contribution in [0.5, 0.6) is 0 Å². The van der Waals surface area contributed by atoms with Gasteiger partial charge in [0.15, 0.2) is 6.23 Å². The minimum absolute atomic E-state index is 0.0395. The van der Waals surface area contributed by atoms with Crippen molar-refractivity contribution in [3.63, 3.8) is 0 Å². The number of fused-ring (bicyclic) bond motifs is 1. The van der Waals surface area contributed by atoms with Crippen LogP contribution >= 0.6 is 0 Å². The van der Waals surface area contributed by atoms with Crippen LogP contribution in [0.25, 0.3) is 10.9 Å². The summed E-state index contributed by atoms with van der Waals surface area (Å²) in [5.41, 5.74) is 1.36. The Morgan fingerprint density at radius 3 is 2.94 bits per heavy atom. The van der Waals surface area contributed by atoms with Crippen molar-refractivity contribution in [2.75, 3.05) is 6.61 Å². The van der Waals surface area contributed by atoms with Crippen LogP contribution < -0.4 is 5.46 Å². The first-order chi connectivity index (χ1) is 8.77. The van der Waals surface area contributed by atoms with Gasteiger partial charge < -0.3 is 14.8 Å². The number of rotatable bonds is 2. The average Bonchev–Trinajstić information content (AvgIpc) is 2.83. The lowest BCUT2D eigenvalue weighted by Crippen LogP contribution is -2.30. The SMILES string of the molecule is OB(O)c1cccc2c1cnn2[C@@H]1CCCCO1. The largest absolute Gasteiger partial charge is 0.489 e. The Kier molecular flexibility index (Phi) is 3.07. The molecule has 6 heteroatoms. The van der Waals surface area contributed by atoms with Gasteiger partial charge in [-0.1, -0.05) is 12.1 Å². The second-order valence-electron chi connectivity index (χ2n) is 4.56. The first-order valence-corrected chi connectivity index (χ1v) is 6.21. The third kappa shape index (κ3) is 1.92. The van der Waals surface area contributed by atoms with Crippen molar-refractivity contribution < 1.29 is 14.8 Å². The number of hydrogen-bond acceptors (Lipinski definition) is 4. The van der Waals surface area contributed by atoms with Gasteiger partial charge in [0, 0.05) is 12.0 Å². The second kappa shape index (κ2) is 4.72. The van der Waals surface area contributed by atoms with E-state index in [0.717, 1.165) is 36.8 Å². The molecule has 0 bridgehead atoms. The zero-order chi connectivity index (χ0) is 12.5. The van der Waals surface area contributed by atoms with Crippen LogP contribution in [0.3, 0.4) is 0 Å². The summed E-state index contributed by atoms with van der Waals surface area (Å²) >= 11 is 0. The van der Waals surface area contributed by atoms with Gasteiger partial charge in [-0.25, -0.2) is 4.68 Å². The van der Waals surface area contributed by atoms with Crippen molar-refractivity contribution >= 4 is 23.5 Å². The smallest absolute Gasteiger partial charge is 0.423 e. The van der Waals surface area contributed by atoms with Crippen LogP contribution in [0.2, 0.25) is 0 Å². The van der Waals surface area contributed by atoms with E-state index in [1.807, 2.05) is 10.7 Å². The van der Waals surface area contributed by atoms with Gasteiger partial charge >= 0.3 is 7.12 Å². The summed E-state index contributed by atoms with van der Waals surface area (Å²) in [6.45, 7) is 0.758. The van der Waals surface area contributed by atoms with Gasteiger partial charge in [-0.15, -0.1) is 0 Å². The molecule has 0 aliphatic carbocycles. The monoisotopic (exact) mass is 246 g/mol. The Hall–Kier alpha value is -1.37. The number of ether oxygens (including phenoxy) is 1. The molecule has 0 amide bonds. The van der Waals surface area contributed by atoms with Gasteiger partial charge in [0.2, 0.25) is 0 Å². The number of hydrogen-bond donors (Lipinski definition) is 2. The first-order valence-electron chi connectivity index (χ1n) is 6.21. The van der Waals surface area contributed by atoms with Crippen molar-refractivity contribution in [2.45, 2.75) is 25.5 Å². The molecule has 1 aromatic carbocycles. The molecule has 2 N–H and O–H groups in total. The fraction of sp³-hybridized carbons (Fsp3) is 0.417. The van der Waals surface area contributed by atoms with Crippen LogP contribution in [-0.4, -0.2) is 33.6 Å². The van der Waals surface area contributed by atoms with Crippen LogP contribution in [0.15, 0.2) is 24.4 Å². The summed E-state index contributed by atoms with van der Waals surface area (Å²) in [5.74, 6) is 0. The van der Waals surface area contributed by atoms with E-state index in [9.17, 15) is 10.0 Å². The highest BCUT2D eigenvalue weighted by Gasteiger charge is 2.21. The third-order valence-corrected chi connectivity index (χ3v) is 3.38. The molecule has 1 saturated heterocycles. The summed E-state index contributed by atoms with van der Waals surface area (Å²) in [7, 11) is -1.47. The summed E-state index contributed by atoms with van der Waals surface area (Å²) in [5, 5.41) is 23.8. The topological polar surface area (TPSA) is 67.5 Å². The summed E-state index contributed by atoms with van der Waals surface area (Å²) in [4.78, 5) is 0. The minimum atomic E-state index is -1.47. The highest BCUT2D eigenvalue weighted by Crippen LogP contribution is 2.25.